The molecule has 0 saturated carbocycles. The lowest BCUT2D eigenvalue weighted by atomic mass is 10.0. The maximum Gasteiger partial charge on any atom is 0.195 e. The van der Waals surface area contributed by atoms with Crippen LogP contribution in [0.5, 0.6) is 0 Å². The number of aromatic amines is 1. The molecule has 0 aliphatic rings. The van der Waals surface area contributed by atoms with Crippen LogP contribution in [0.15, 0.2) is 6.07 Å². The summed E-state index contributed by atoms with van der Waals surface area (Å²) in [6.07, 6.45) is 0. The Morgan fingerprint density at radius 2 is 1.88 bits per heavy atom. The van der Waals surface area contributed by atoms with Gasteiger partial charge in [-0.3, -0.25) is 0 Å². The van der Waals surface area contributed by atoms with Crippen molar-refractivity contribution in [2.75, 3.05) is 7.05 Å². The van der Waals surface area contributed by atoms with E-state index >= 15 is 0 Å². The second-order valence-electron chi connectivity index (χ2n) is 4.08. The Hall–Kier alpha value is -1.49. The smallest absolute Gasteiger partial charge is 0.195 e. The van der Waals surface area contributed by atoms with Crippen LogP contribution < -0.4 is 5.32 Å². The minimum Gasteiger partial charge on any atom is -0.358 e. The van der Waals surface area contributed by atoms with Gasteiger partial charge in [-0.25, -0.2) is 13.2 Å². The molecule has 2 nitrogen and oxygen atoms in total. The normalized spacial score (nSPS) is 13.3. The highest BCUT2D eigenvalue weighted by atomic mass is 19.2. The molecule has 0 spiro atoms. The Kier molecular flexibility index (Phi) is 2.87. The van der Waals surface area contributed by atoms with E-state index in [1.165, 1.54) is 0 Å². The average molecular weight is 242 g/mol. The van der Waals surface area contributed by atoms with E-state index in [0.29, 0.717) is 11.3 Å². The van der Waals surface area contributed by atoms with Crippen molar-refractivity contribution in [3.05, 3.63) is 34.8 Å². The van der Waals surface area contributed by atoms with E-state index in [0.717, 1.165) is 6.07 Å². The lowest BCUT2D eigenvalue weighted by Crippen LogP contribution is -2.13. The van der Waals surface area contributed by atoms with E-state index < -0.39 is 17.5 Å². The monoisotopic (exact) mass is 242 g/mol. The van der Waals surface area contributed by atoms with Gasteiger partial charge in [-0.05, 0) is 20.9 Å². The lowest BCUT2D eigenvalue weighted by Gasteiger charge is -2.11. The molecule has 1 atom stereocenters. The van der Waals surface area contributed by atoms with Crippen LogP contribution in [0.3, 0.4) is 0 Å². The molecule has 1 heterocycles. The Labute approximate surface area is 96.8 Å². The summed E-state index contributed by atoms with van der Waals surface area (Å²) in [5.74, 6) is -3.75. The molecule has 0 aliphatic carbocycles. The molecule has 2 rings (SSSR count). The van der Waals surface area contributed by atoms with Gasteiger partial charge in [0.2, 0.25) is 0 Å². The van der Waals surface area contributed by atoms with Gasteiger partial charge in [0.15, 0.2) is 17.5 Å². The third kappa shape index (κ3) is 1.70. The number of nitrogens with one attached hydrogen (secondary N) is 2. The van der Waals surface area contributed by atoms with Crippen molar-refractivity contribution in [3.8, 4) is 0 Å². The number of hydrogen-bond donors (Lipinski definition) is 2. The van der Waals surface area contributed by atoms with Gasteiger partial charge in [-0.1, -0.05) is 0 Å². The predicted octanol–water partition coefficient (Wildman–Crippen LogP) is 3.17. The molecular formula is C12H13F3N2. The van der Waals surface area contributed by atoms with Crippen LogP contribution in [-0.2, 0) is 0 Å². The van der Waals surface area contributed by atoms with Crippen LogP contribution in [0.4, 0.5) is 13.2 Å². The van der Waals surface area contributed by atoms with Crippen LogP contribution >= 0.6 is 0 Å². The second-order valence-corrected chi connectivity index (χ2v) is 4.08. The molecule has 0 radical (unpaired) electrons. The summed E-state index contributed by atoms with van der Waals surface area (Å²) in [7, 11) is 1.72. The molecule has 1 unspecified atom stereocenters. The van der Waals surface area contributed by atoms with Gasteiger partial charge in [0.25, 0.3) is 0 Å². The van der Waals surface area contributed by atoms with E-state index in [1.54, 1.807) is 14.0 Å². The molecule has 5 heteroatoms. The zero-order chi connectivity index (χ0) is 12.7. The van der Waals surface area contributed by atoms with Crippen LogP contribution in [-0.4, -0.2) is 12.0 Å². The molecule has 0 bridgehead atoms. The van der Waals surface area contributed by atoms with E-state index in [4.69, 9.17) is 0 Å². The van der Waals surface area contributed by atoms with Gasteiger partial charge in [0, 0.05) is 28.8 Å². The highest BCUT2D eigenvalue weighted by molar-refractivity contribution is 5.86. The summed E-state index contributed by atoms with van der Waals surface area (Å²) in [6, 6.07) is 0.829. The number of benzene rings is 1. The molecule has 17 heavy (non-hydrogen) atoms. The van der Waals surface area contributed by atoms with Crippen molar-refractivity contribution in [1.29, 1.82) is 0 Å². The average Bonchev–Trinajstić information content (AvgIpc) is 2.61. The minimum atomic E-state index is -1.43. The third-order valence-corrected chi connectivity index (χ3v) is 3.02. The standard InChI is InChI=1S/C12H13F3N2/c1-5(16-3)9-6(2)17-8-4-7(13)11(14)12(15)10(8)9/h4-5,16-17H,1-3H3. The van der Waals surface area contributed by atoms with Crippen molar-refractivity contribution < 1.29 is 13.2 Å². The molecule has 0 amide bonds. The van der Waals surface area contributed by atoms with Gasteiger partial charge >= 0.3 is 0 Å². The number of aromatic nitrogens is 1. The van der Waals surface area contributed by atoms with Crippen molar-refractivity contribution >= 4 is 10.9 Å². The fourth-order valence-electron chi connectivity index (χ4n) is 2.10. The number of halogens is 3. The van der Waals surface area contributed by atoms with Crippen molar-refractivity contribution in [1.82, 2.24) is 10.3 Å². The molecule has 0 aliphatic heterocycles. The van der Waals surface area contributed by atoms with E-state index in [-0.39, 0.29) is 16.9 Å². The van der Waals surface area contributed by atoms with Gasteiger partial charge in [0.1, 0.15) is 0 Å². The van der Waals surface area contributed by atoms with Crippen molar-refractivity contribution in [2.45, 2.75) is 19.9 Å². The molecular weight excluding hydrogens is 229 g/mol. The summed E-state index contributed by atoms with van der Waals surface area (Å²) < 4.78 is 40.1. The summed E-state index contributed by atoms with van der Waals surface area (Å²) in [4.78, 5) is 2.86. The third-order valence-electron chi connectivity index (χ3n) is 3.02. The van der Waals surface area contributed by atoms with E-state index in [2.05, 4.69) is 10.3 Å². The fourth-order valence-corrected chi connectivity index (χ4v) is 2.10. The van der Waals surface area contributed by atoms with E-state index in [1.807, 2.05) is 6.92 Å². The quantitative estimate of drug-likeness (QED) is 0.778. The Balaban J connectivity index is 2.85. The number of H-pyrrole nitrogens is 1. The van der Waals surface area contributed by atoms with Gasteiger partial charge in [0.05, 0.1) is 5.52 Å². The number of fused-ring (bicyclic) bond motifs is 1. The largest absolute Gasteiger partial charge is 0.358 e. The summed E-state index contributed by atoms with van der Waals surface area (Å²) in [5.41, 5.74) is 1.60. The molecule has 92 valence electrons. The van der Waals surface area contributed by atoms with E-state index in [9.17, 15) is 13.2 Å². The topological polar surface area (TPSA) is 27.8 Å². The number of aryl methyl sites for hydroxylation is 1. The molecule has 2 aromatic rings. The van der Waals surface area contributed by atoms with Crippen molar-refractivity contribution in [2.24, 2.45) is 0 Å². The number of rotatable bonds is 2. The van der Waals surface area contributed by atoms with Crippen LogP contribution in [0.2, 0.25) is 0 Å². The first-order valence-corrected chi connectivity index (χ1v) is 5.30. The zero-order valence-electron chi connectivity index (χ0n) is 9.79. The summed E-state index contributed by atoms with van der Waals surface area (Å²) in [5, 5.41) is 3.07. The van der Waals surface area contributed by atoms with Crippen LogP contribution in [0.1, 0.15) is 24.2 Å². The Morgan fingerprint density at radius 3 is 2.47 bits per heavy atom. The molecule has 1 aromatic heterocycles. The van der Waals surface area contributed by atoms with Gasteiger partial charge < -0.3 is 10.3 Å². The fraction of sp³-hybridized carbons (Fsp3) is 0.333. The van der Waals surface area contributed by atoms with Crippen LogP contribution in [0, 0.1) is 24.4 Å². The molecule has 0 fully saturated rings. The first-order valence-electron chi connectivity index (χ1n) is 5.30. The van der Waals surface area contributed by atoms with Crippen molar-refractivity contribution in [3.63, 3.8) is 0 Å². The highest BCUT2D eigenvalue weighted by Crippen LogP contribution is 2.31. The lowest BCUT2D eigenvalue weighted by molar-refractivity contribution is 0.453. The minimum absolute atomic E-state index is 0.114. The number of hydrogen-bond acceptors (Lipinski definition) is 1. The molecule has 0 saturated heterocycles. The predicted molar refractivity (Wildman–Crippen MR) is 60.4 cm³/mol. The second kappa shape index (κ2) is 4.07. The Bertz CT molecular complexity index is 575. The SMILES string of the molecule is CNC(C)c1c(C)[nH]c2cc(F)c(F)c(F)c12. The summed E-state index contributed by atoms with van der Waals surface area (Å²) in [6.45, 7) is 3.58. The van der Waals surface area contributed by atoms with Crippen LogP contribution in [0.25, 0.3) is 10.9 Å². The first-order chi connectivity index (χ1) is 7.97. The highest BCUT2D eigenvalue weighted by Gasteiger charge is 2.21. The van der Waals surface area contributed by atoms with Gasteiger partial charge in [-0.15, -0.1) is 0 Å². The molecule has 2 N–H and O–H groups in total. The first kappa shape index (κ1) is 12.0. The summed E-state index contributed by atoms with van der Waals surface area (Å²) >= 11 is 0. The Morgan fingerprint density at radius 1 is 1.24 bits per heavy atom. The maximum absolute atomic E-state index is 13.8. The van der Waals surface area contributed by atoms with Gasteiger partial charge in [-0.2, -0.15) is 0 Å². The molecule has 1 aromatic carbocycles. The maximum atomic E-state index is 13.8. The zero-order valence-corrected chi connectivity index (χ0v) is 9.79.